The normalized spacial score (nSPS) is 11.5. The van der Waals surface area contributed by atoms with Gasteiger partial charge in [-0.25, -0.2) is 0 Å². The lowest BCUT2D eigenvalue weighted by Gasteiger charge is -2.04. The van der Waals surface area contributed by atoms with Crippen LogP contribution in [-0.4, -0.2) is 23.8 Å². The van der Waals surface area contributed by atoms with Gasteiger partial charge in [0.2, 0.25) is 0 Å². The lowest BCUT2D eigenvalue weighted by molar-refractivity contribution is -0.136. The number of hydrogen-bond acceptors (Lipinski definition) is 2. The summed E-state index contributed by atoms with van der Waals surface area (Å²) in [4.78, 5) is 14.6. The van der Waals surface area contributed by atoms with Crippen LogP contribution >= 0.6 is 0 Å². The number of benzene rings is 1. The fourth-order valence-corrected chi connectivity index (χ4v) is 1.36. The predicted octanol–water partition coefficient (Wildman–Crippen LogP) is 2.28. The maximum atomic E-state index is 10.5. The molecule has 1 aromatic carbocycles. The van der Waals surface area contributed by atoms with E-state index in [1.165, 1.54) is 5.56 Å². The number of aliphatic carboxylic acids is 1. The van der Waals surface area contributed by atoms with Crippen LogP contribution in [-0.2, 0) is 4.79 Å². The molecule has 0 aliphatic heterocycles. The monoisotopic (exact) mass is 205 g/mol. The van der Waals surface area contributed by atoms with Crippen LogP contribution in [0.1, 0.15) is 24.0 Å². The Hall–Kier alpha value is -1.64. The van der Waals surface area contributed by atoms with Gasteiger partial charge in [-0.3, -0.25) is 9.79 Å². The third-order valence-corrected chi connectivity index (χ3v) is 2.23. The first-order valence-corrected chi connectivity index (χ1v) is 4.88. The molecule has 0 amide bonds. The highest BCUT2D eigenvalue weighted by molar-refractivity contribution is 6.01. The standard InChI is InChI=1S/C12H15NO2/c1-9-3-5-10(6-4-9)11(13-2)7-8-12(14)15/h3-6H,7-8H2,1-2H3,(H,14,15). The van der Waals surface area contributed by atoms with Gasteiger partial charge in [0.1, 0.15) is 0 Å². The summed E-state index contributed by atoms with van der Waals surface area (Å²) >= 11 is 0. The molecule has 0 aromatic heterocycles. The number of aliphatic imine (C=N–C) groups is 1. The zero-order valence-corrected chi connectivity index (χ0v) is 9.03. The van der Waals surface area contributed by atoms with E-state index in [-0.39, 0.29) is 6.42 Å². The molecule has 0 aliphatic carbocycles. The van der Waals surface area contributed by atoms with Gasteiger partial charge in [0, 0.05) is 19.2 Å². The van der Waals surface area contributed by atoms with E-state index in [1.807, 2.05) is 31.2 Å². The molecule has 0 heterocycles. The smallest absolute Gasteiger partial charge is 0.303 e. The average Bonchev–Trinajstić information content (AvgIpc) is 2.21. The summed E-state index contributed by atoms with van der Waals surface area (Å²) in [5, 5.41) is 8.59. The Kier molecular flexibility index (Phi) is 4.03. The summed E-state index contributed by atoms with van der Waals surface area (Å²) in [6.07, 6.45) is 0.607. The number of carboxylic acid groups (broad SMARTS) is 1. The van der Waals surface area contributed by atoms with Crippen molar-refractivity contribution in [2.24, 2.45) is 4.99 Å². The van der Waals surface area contributed by atoms with Gasteiger partial charge in [-0.1, -0.05) is 29.8 Å². The third kappa shape index (κ3) is 3.54. The second-order valence-electron chi connectivity index (χ2n) is 3.43. The van der Waals surface area contributed by atoms with E-state index in [4.69, 9.17) is 5.11 Å². The Morgan fingerprint density at radius 1 is 1.27 bits per heavy atom. The van der Waals surface area contributed by atoms with Crippen molar-refractivity contribution >= 4 is 11.7 Å². The van der Waals surface area contributed by atoms with Crippen LogP contribution in [0.15, 0.2) is 29.3 Å². The molecule has 3 heteroatoms. The number of aryl methyl sites for hydroxylation is 1. The topological polar surface area (TPSA) is 49.7 Å². The van der Waals surface area contributed by atoms with Crippen molar-refractivity contribution in [3.63, 3.8) is 0 Å². The zero-order valence-electron chi connectivity index (χ0n) is 9.03. The summed E-state index contributed by atoms with van der Waals surface area (Å²) in [6.45, 7) is 2.02. The maximum Gasteiger partial charge on any atom is 0.303 e. The maximum absolute atomic E-state index is 10.5. The predicted molar refractivity (Wildman–Crippen MR) is 60.5 cm³/mol. The first-order chi connectivity index (χ1) is 7.13. The fourth-order valence-electron chi connectivity index (χ4n) is 1.36. The molecule has 0 aliphatic rings. The van der Waals surface area contributed by atoms with Gasteiger partial charge in [0.15, 0.2) is 0 Å². The molecule has 0 bridgehead atoms. The molecule has 1 aromatic rings. The number of nitrogens with zero attached hydrogens (tertiary/aromatic N) is 1. The molecule has 0 saturated heterocycles. The van der Waals surface area contributed by atoms with Crippen LogP contribution < -0.4 is 0 Å². The molecule has 0 atom stereocenters. The van der Waals surface area contributed by atoms with E-state index < -0.39 is 5.97 Å². The molecule has 0 fully saturated rings. The van der Waals surface area contributed by atoms with Crippen molar-refractivity contribution in [1.82, 2.24) is 0 Å². The highest BCUT2D eigenvalue weighted by Gasteiger charge is 2.05. The lowest BCUT2D eigenvalue weighted by Crippen LogP contribution is -2.05. The minimum Gasteiger partial charge on any atom is -0.481 e. The van der Waals surface area contributed by atoms with Gasteiger partial charge in [0.25, 0.3) is 0 Å². The summed E-state index contributed by atoms with van der Waals surface area (Å²) in [6, 6.07) is 7.95. The Balaban J connectivity index is 2.75. The fraction of sp³-hybridized carbons (Fsp3) is 0.333. The van der Waals surface area contributed by atoms with Crippen molar-refractivity contribution < 1.29 is 9.90 Å². The number of rotatable bonds is 4. The quantitative estimate of drug-likeness (QED) is 0.766. The van der Waals surface area contributed by atoms with E-state index in [9.17, 15) is 4.79 Å². The van der Waals surface area contributed by atoms with Crippen molar-refractivity contribution in [1.29, 1.82) is 0 Å². The molecular weight excluding hydrogens is 190 g/mol. The minimum absolute atomic E-state index is 0.126. The Morgan fingerprint density at radius 2 is 1.87 bits per heavy atom. The van der Waals surface area contributed by atoms with E-state index in [2.05, 4.69) is 4.99 Å². The van der Waals surface area contributed by atoms with E-state index >= 15 is 0 Å². The number of hydrogen-bond donors (Lipinski definition) is 1. The van der Waals surface area contributed by atoms with Gasteiger partial charge in [-0.05, 0) is 12.5 Å². The summed E-state index contributed by atoms with van der Waals surface area (Å²) in [5.74, 6) is -0.789. The molecule has 0 unspecified atom stereocenters. The van der Waals surface area contributed by atoms with Crippen LogP contribution in [0, 0.1) is 6.92 Å². The van der Waals surface area contributed by atoms with Gasteiger partial charge < -0.3 is 5.11 Å². The van der Waals surface area contributed by atoms with Crippen molar-refractivity contribution in [3.8, 4) is 0 Å². The van der Waals surface area contributed by atoms with Gasteiger partial charge in [0.05, 0.1) is 6.42 Å². The second-order valence-corrected chi connectivity index (χ2v) is 3.43. The number of carbonyl (C=O) groups is 1. The molecule has 15 heavy (non-hydrogen) atoms. The largest absolute Gasteiger partial charge is 0.481 e. The van der Waals surface area contributed by atoms with Crippen LogP contribution in [0.4, 0.5) is 0 Å². The molecule has 1 rings (SSSR count). The third-order valence-electron chi connectivity index (χ3n) is 2.23. The van der Waals surface area contributed by atoms with Gasteiger partial charge in [-0.2, -0.15) is 0 Å². The van der Waals surface area contributed by atoms with E-state index in [0.717, 1.165) is 11.3 Å². The van der Waals surface area contributed by atoms with E-state index in [0.29, 0.717) is 6.42 Å². The summed E-state index contributed by atoms with van der Waals surface area (Å²) in [7, 11) is 1.69. The first kappa shape index (κ1) is 11.4. The van der Waals surface area contributed by atoms with Crippen LogP contribution in [0.3, 0.4) is 0 Å². The molecule has 1 N–H and O–H groups in total. The van der Waals surface area contributed by atoms with Crippen LogP contribution in [0.5, 0.6) is 0 Å². The van der Waals surface area contributed by atoms with Gasteiger partial charge in [-0.15, -0.1) is 0 Å². The Morgan fingerprint density at radius 3 is 2.33 bits per heavy atom. The van der Waals surface area contributed by atoms with Crippen molar-refractivity contribution in [3.05, 3.63) is 35.4 Å². The Bertz CT molecular complexity index is 366. The van der Waals surface area contributed by atoms with E-state index in [1.54, 1.807) is 7.05 Å². The van der Waals surface area contributed by atoms with Crippen molar-refractivity contribution in [2.75, 3.05) is 7.05 Å². The first-order valence-electron chi connectivity index (χ1n) is 4.88. The second kappa shape index (κ2) is 5.29. The molecule has 0 radical (unpaired) electrons. The lowest BCUT2D eigenvalue weighted by atomic mass is 10.0. The van der Waals surface area contributed by atoms with Crippen LogP contribution in [0.2, 0.25) is 0 Å². The summed E-state index contributed by atoms with van der Waals surface area (Å²) in [5.41, 5.74) is 3.04. The van der Waals surface area contributed by atoms with Gasteiger partial charge >= 0.3 is 5.97 Å². The molecular formula is C12H15NO2. The highest BCUT2D eigenvalue weighted by Crippen LogP contribution is 2.08. The van der Waals surface area contributed by atoms with Crippen LogP contribution in [0.25, 0.3) is 0 Å². The SMILES string of the molecule is CN=C(CCC(=O)O)c1ccc(C)cc1. The zero-order chi connectivity index (χ0) is 11.3. The molecule has 80 valence electrons. The minimum atomic E-state index is -0.789. The number of carboxylic acids is 1. The molecule has 0 spiro atoms. The summed E-state index contributed by atoms with van der Waals surface area (Å²) < 4.78 is 0. The molecule has 0 saturated carbocycles. The highest BCUT2D eigenvalue weighted by atomic mass is 16.4. The molecule has 3 nitrogen and oxygen atoms in total. The Labute approximate surface area is 89.5 Å². The average molecular weight is 205 g/mol. The van der Waals surface area contributed by atoms with Crippen molar-refractivity contribution in [2.45, 2.75) is 19.8 Å².